The van der Waals surface area contributed by atoms with Crippen LogP contribution in [0.1, 0.15) is 43.7 Å². The number of hydrogen-bond acceptors (Lipinski definition) is 3. The van der Waals surface area contributed by atoms with E-state index >= 15 is 0 Å². The Kier molecular flexibility index (Phi) is 5.11. The summed E-state index contributed by atoms with van der Waals surface area (Å²) in [5.74, 6) is 1.01. The Balaban J connectivity index is 2.04. The Bertz CT molecular complexity index is 478. The minimum Gasteiger partial charge on any atom is -0.468 e. The van der Waals surface area contributed by atoms with Gasteiger partial charge in [0.05, 0.1) is 12.3 Å². The highest BCUT2D eigenvalue weighted by Gasteiger charge is 2.15. The second-order valence-corrected chi connectivity index (χ2v) is 5.52. The highest BCUT2D eigenvalue weighted by atomic mass is 32.2. The molecule has 19 heavy (non-hydrogen) atoms. The first-order chi connectivity index (χ1) is 9.24. The van der Waals surface area contributed by atoms with Crippen LogP contribution in [0.4, 0.5) is 0 Å². The van der Waals surface area contributed by atoms with E-state index < -0.39 is 0 Å². The Labute approximate surface area is 119 Å². The molecule has 2 nitrogen and oxygen atoms in total. The van der Waals surface area contributed by atoms with Crippen LogP contribution in [-0.2, 0) is 0 Å². The molecule has 0 aliphatic carbocycles. The van der Waals surface area contributed by atoms with Crippen molar-refractivity contribution in [3.63, 3.8) is 0 Å². The summed E-state index contributed by atoms with van der Waals surface area (Å²) in [5, 5.41) is 3.62. The van der Waals surface area contributed by atoms with Crippen molar-refractivity contribution < 1.29 is 4.42 Å². The van der Waals surface area contributed by atoms with Crippen molar-refractivity contribution in [2.45, 2.75) is 37.2 Å². The molecule has 2 aromatic rings. The molecular formula is C16H21NOS. The third-order valence-corrected chi connectivity index (χ3v) is 4.11. The molecule has 0 saturated heterocycles. The maximum atomic E-state index is 5.49. The maximum absolute atomic E-state index is 5.49. The van der Waals surface area contributed by atoms with Gasteiger partial charge in [-0.3, -0.25) is 0 Å². The maximum Gasteiger partial charge on any atom is 0.120 e. The van der Waals surface area contributed by atoms with Crippen molar-refractivity contribution >= 4 is 11.8 Å². The molecule has 0 spiro atoms. The average molecular weight is 275 g/mol. The van der Waals surface area contributed by atoms with Crippen molar-refractivity contribution in [1.82, 2.24) is 5.32 Å². The molecule has 1 N–H and O–H groups in total. The van der Waals surface area contributed by atoms with Gasteiger partial charge in [0.15, 0.2) is 0 Å². The quantitative estimate of drug-likeness (QED) is 0.766. The lowest BCUT2D eigenvalue weighted by Crippen LogP contribution is -2.23. The van der Waals surface area contributed by atoms with Gasteiger partial charge in [0, 0.05) is 10.9 Å². The van der Waals surface area contributed by atoms with Crippen LogP contribution in [0, 0.1) is 0 Å². The van der Waals surface area contributed by atoms with E-state index in [0.29, 0.717) is 6.04 Å². The summed E-state index contributed by atoms with van der Waals surface area (Å²) in [6.45, 7) is 4.36. The molecule has 2 rings (SSSR count). The molecule has 2 unspecified atom stereocenters. The monoisotopic (exact) mass is 275 g/mol. The van der Waals surface area contributed by atoms with E-state index in [1.54, 1.807) is 18.0 Å². The fourth-order valence-corrected chi connectivity index (χ4v) is 2.59. The minimum absolute atomic E-state index is 0.269. The molecule has 3 heteroatoms. The smallest absolute Gasteiger partial charge is 0.120 e. The van der Waals surface area contributed by atoms with Crippen molar-refractivity contribution in [3.05, 3.63) is 54.0 Å². The van der Waals surface area contributed by atoms with E-state index in [9.17, 15) is 0 Å². The SMILES string of the molecule is CCC(NC(C)c1ccc(SC)cc1)c1ccco1. The molecular weight excluding hydrogens is 254 g/mol. The van der Waals surface area contributed by atoms with Crippen LogP contribution in [0.15, 0.2) is 52.0 Å². The van der Waals surface area contributed by atoms with Gasteiger partial charge < -0.3 is 9.73 Å². The van der Waals surface area contributed by atoms with Gasteiger partial charge in [-0.25, -0.2) is 0 Å². The van der Waals surface area contributed by atoms with Crippen LogP contribution in [0.3, 0.4) is 0 Å². The number of benzene rings is 1. The van der Waals surface area contributed by atoms with Crippen molar-refractivity contribution in [3.8, 4) is 0 Å². The van der Waals surface area contributed by atoms with E-state index in [0.717, 1.165) is 12.2 Å². The van der Waals surface area contributed by atoms with Crippen molar-refractivity contribution in [2.75, 3.05) is 6.26 Å². The van der Waals surface area contributed by atoms with Crippen molar-refractivity contribution in [1.29, 1.82) is 0 Å². The molecule has 0 amide bonds. The van der Waals surface area contributed by atoms with Gasteiger partial charge in [-0.15, -0.1) is 11.8 Å². The van der Waals surface area contributed by atoms with Crippen LogP contribution < -0.4 is 5.32 Å². The predicted octanol–water partition coefficient (Wildman–Crippen LogP) is 4.80. The number of hydrogen-bond donors (Lipinski definition) is 1. The fourth-order valence-electron chi connectivity index (χ4n) is 2.18. The fraction of sp³-hybridized carbons (Fsp3) is 0.375. The first kappa shape index (κ1) is 14.2. The van der Waals surface area contributed by atoms with E-state index in [-0.39, 0.29) is 6.04 Å². The van der Waals surface area contributed by atoms with E-state index in [2.05, 4.69) is 49.7 Å². The Hall–Kier alpha value is -1.19. The highest BCUT2D eigenvalue weighted by molar-refractivity contribution is 7.98. The molecule has 1 heterocycles. The first-order valence-electron chi connectivity index (χ1n) is 6.68. The second-order valence-electron chi connectivity index (χ2n) is 4.64. The minimum atomic E-state index is 0.269. The number of rotatable bonds is 6. The number of thioether (sulfide) groups is 1. The summed E-state index contributed by atoms with van der Waals surface area (Å²) in [4.78, 5) is 1.30. The zero-order valence-electron chi connectivity index (χ0n) is 11.7. The predicted molar refractivity (Wildman–Crippen MR) is 81.5 cm³/mol. The van der Waals surface area contributed by atoms with E-state index in [1.807, 2.05) is 12.1 Å². The van der Waals surface area contributed by atoms with Crippen LogP contribution in [-0.4, -0.2) is 6.26 Å². The summed E-state index contributed by atoms with van der Waals surface area (Å²) in [6, 6.07) is 13.3. The second kappa shape index (κ2) is 6.83. The van der Waals surface area contributed by atoms with Gasteiger partial charge >= 0.3 is 0 Å². The highest BCUT2D eigenvalue weighted by Crippen LogP contribution is 2.24. The van der Waals surface area contributed by atoms with E-state index in [4.69, 9.17) is 4.42 Å². The lowest BCUT2D eigenvalue weighted by atomic mass is 10.1. The van der Waals surface area contributed by atoms with Gasteiger partial charge in [0.25, 0.3) is 0 Å². The zero-order chi connectivity index (χ0) is 13.7. The third-order valence-electron chi connectivity index (χ3n) is 3.36. The molecule has 1 aromatic carbocycles. The summed E-state index contributed by atoms with van der Waals surface area (Å²) < 4.78 is 5.49. The van der Waals surface area contributed by atoms with Gasteiger partial charge in [-0.2, -0.15) is 0 Å². The first-order valence-corrected chi connectivity index (χ1v) is 7.90. The molecule has 0 saturated carbocycles. The van der Waals surface area contributed by atoms with Crippen LogP contribution in [0.5, 0.6) is 0 Å². The lowest BCUT2D eigenvalue weighted by molar-refractivity contribution is 0.376. The summed E-state index contributed by atoms with van der Waals surface area (Å²) in [6.07, 6.45) is 4.85. The normalized spacial score (nSPS) is 14.3. The topological polar surface area (TPSA) is 25.2 Å². The Morgan fingerprint density at radius 1 is 1.21 bits per heavy atom. The van der Waals surface area contributed by atoms with Gasteiger partial charge in [0.1, 0.15) is 5.76 Å². The standard InChI is InChI=1S/C16H21NOS/c1-4-15(16-6-5-11-18-16)17-12(2)13-7-9-14(19-3)10-8-13/h5-12,15,17H,4H2,1-3H3. The molecule has 0 aliphatic rings. The molecule has 102 valence electrons. The summed E-state index contributed by atoms with van der Waals surface area (Å²) in [7, 11) is 0. The summed E-state index contributed by atoms with van der Waals surface area (Å²) >= 11 is 1.77. The molecule has 2 atom stereocenters. The zero-order valence-corrected chi connectivity index (χ0v) is 12.5. The van der Waals surface area contributed by atoms with Gasteiger partial charge in [-0.1, -0.05) is 19.1 Å². The van der Waals surface area contributed by atoms with Crippen LogP contribution in [0.2, 0.25) is 0 Å². The van der Waals surface area contributed by atoms with E-state index in [1.165, 1.54) is 10.5 Å². The number of furan rings is 1. The molecule has 0 bridgehead atoms. The molecule has 0 radical (unpaired) electrons. The van der Waals surface area contributed by atoms with Crippen LogP contribution in [0.25, 0.3) is 0 Å². The van der Waals surface area contributed by atoms with Gasteiger partial charge in [0.2, 0.25) is 0 Å². The van der Waals surface area contributed by atoms with Crippen LogP contribution >= 0.6 is 11.8 Å². The molecule has 0 fully saturated rings. The third kappa shape index (κ3) is 3.64. The largest absolute Gasteiger partial charge is 0.468 e. The molecule has 0 aliphatic heterocycles. The van der Waals surface area contributed by atoms with Crippen molar-refractivity contribution in [2.24, 2.45) is 0 Å². The Morgan fingerprint density at radius 3 is 2.47 bits per heavy atom. The number of nitrogens with one attached hydrogen (secondary N) is 1. The Morgan fingerprint density at radius 2 is 1.95 bits per heavy atom. The van der Waals surface area contributed by atoms with Gasteiger partial charge in [-0.05, 0) is 49.4 Å². The summed E-state index contributed by atoms with van der Waals surface area (Å²) in [5.41, 5.74) is 1.31. The molecule has 1 aromatic heterocycles. The average Bonchev–Trinajstić information content (AvgIpc) is 2.98. The lowest BCUT2D eigenvalue weighted by Gasteiger charge is -2.21.